The molecule has 1 aliphatic rings. The fourth-order valence-electron chi connectivity index (χ4n) is 6.01. The molecule has 14 heteroatoms. The summed E-state index contributed by atoms with van der Waals surface area (Å²) < 4.78 is 77.9. The number of ether oxygens (including phenoxy) is 5. The Labute approximate surface area is 314 Å². The third kappa shape index (κ3) is 9.92. The first kappa shape index (κ1) is 39.5. The largest absolute Gasteiger partial charge is 0.528 e. The molecule has 1 saturated heterocycles. The van der Waals surface area contributed by atoms with E-state index in [0.717, 1.165) is 11.1 Å². The van der Waals surface area contributed by atoms with Crippen molar-refractivity contribution < 1.29 is 56.2 Å². The van der Waals surface area contributed by atoms with Crippen molar-refractivity contribution in [3.63, 3.8) is 0 Å². The quantitative estimate of drug-likeness (QED) is 0.0834. The Balaban J connectivity index is 1.47. The number of methoxy groups -OCH3 is 1. The molecule has 0 saturated carbocycles. The zero-order valence-electron chi connectivity index (χ0n) is 29.4. The zero-order valence-corrected chi connectivity index (χ0v) is 31.2. The number of para-hydroxylation sites is 2. The van der Waals surface area contributed by atoms with E-state index in [4.69, 9.17) is 37.3 Å². The van der Waals surface area contributed by atoms with Gasteiger partial charge in [0.05, 0.1) is 26.4 Å². The van der Waals surface area contributed by atoms with Gasteiger partial charge < -0.3 is 37.6 Å². The summed E-state index contributed by atoms with van der Waals surface area (Å²) in [6.45, 7) is -0.0820. The number of benzene rings is 5. The van der Waals surface area contributed by atoms with Crippen LogP contribution in [0.3, 0.4) is 0 Å². The van der Waals surface area contributed by atoms with Crippen LogP contribution >= 0.6 is 15.4 Å². The van der Waals surface area contributed by atoms with E-state index in [0.29, 0.717) is 5.56 Å². The number of phosphoric ester groups is 1. The lowest BCUT2D eigenvalue weighted by Gasteiger charge is -2.52. The van der Waals surface area contributed by atoms with Crippen LogP contribution < -0.4 is 9.05 Å². The number of hydrogen-bond donors (Lipinski definition) is 2. The molecule has 12 nitrogen and oxygen atoms in total. The minimum atomic E-state index is -5.44. The van der Waals surface area contributed by atoms with Gasteiger partial charge >= 0.3 is 15.4 Å². The molecule has 0 amide bonds. The smallest absolute Gasteiger partial charge is 0.422 e. The summed E-state index contributed by atoms with van der Waals surface area (Å²) in [6, 6.07) is 43.2. The molecule has 5 aromatic carbocycles. The number of phosphoric acid groups is 1. The fraction of sp³-hybridized carbons (Fsp3) is 0.250. The summed E-state index contributed by atoms with van der Waals surface area (Å²) >= 11 is 0. The van der Waals surface area contributed by atoms with Crippen molar-refractivity contribution in [2.24, 2.45) is 0 Å². The normalized spacial score (nSPS) is 23.5. The first-order valence-electron chi connectivity index (χ1n) is 17.2. The van der Waals surface area contributed by atoms with Gasteiger partial charge in [-0.15, -0.1) is 0 Å². The van der Waals surface area contributed by atoms with Gasteiger partial charge in [-0.25, -0.2) is 13.7 Å². The van der Waals surface area contributed by atoms with Crippen molar-refractivity contribution in [2.45, 2.75) is 49.8 Å². The molecule has 0 spiro atoms. The molecule has 2 N–H and O–H groups in total. The third-order valence-electron chi connectivity index (χ3n) is 8.51. The molecular formula is C40H42O12P2. The van der Waals surface area contributed by atoms with Crippen LogP contribution in [-0.2, 0) is 57.2 Å². The van der Waals surface area contributed by atoms with Crippen LogP contribution in [0.15, 0.2) is 152 Å². The van der Waals surface area contributed by atoms with Crippen LogP contribution in [0.4, 0.5) is 0 Å². The second kappa shape index (κ2) is 18.4. The highest BCUT2D eigenvalue weighted by atomic mass is 31.2. The highest BCUT2D eigenvalue weighted by molar-refractivity contribution is 7.56. The Morgan fingerprint density at radius 2 is 1.06 bits per heavy atom. The van der Waals surface area contributed by atoms with E-state index in [9.17, 15) is 14.4 Å². The van der Waals surface area contributed by atoms with Gasteiger partial charge in [-0.1, -0.05) is 127 Å². The van der Waals surface area contributed by atoms with Gasteiger partial charge in [0.15, 0.2) is 0 Å². The molecule has 0 aromatic heterocycles. The van der Waals surface area contributed by atoms with Crippen molar-refractivity contribution in [3.8, 4) is 11.5 Å². The van der Waals surface area contributed by atoms with Gasteiger partial charge in [0.1, 0.15) is 29.8 Å². The molecule has 7 atom stereocenters. The number of rotatable bonds is 18. The third-order valence-corrected chi connectivity index (χ3v) is 11.5. The van der Waals surface area contributed by atoms with Gasteiger partial charge in [0, 0.05) is 7.11 Å². The summed E-state index contributed by atoms with van der Waals surface area (Å²) in [6.07, 6.45) is -5.93. The van der Waals surface area contributed by atoms with Crippen LogP contribution in [0.2, 0.25) is 0 Å². The second-order valence-electron chi connectivity index (χ2n) is 12.4. The summed E-state index contributed by atoms with van der Waals surface area (Å²) in [4.78, 5) is 23.7. The number of hydrogen-bond acceptors (Lipinski definition) is 10. The predicted octanol–water partition coefficient (Wildman–Crippen LogP) is 7.90. The highest BCUT2D eigenvalue weighted by Gasteiger charge is 2.73. The topological polar surface area (TPSA) is 148 Å². The molecule has 0 aliphatic carbocycles. The summed E-state index contributed by atoms with van der Waals surface area (Å²) in [5.74, 6) is -0.0958. The van der Waals surface area contributed by atoms with E-state index >= 15 is 4.57 Å². The standard InChI is InChI=1S/C40H42O12P2/c1-45-39-40(53(41,42)50-34-23-13-5-14-24-34,52-54(43,44)51-35-25-15-6-16-26-35)38(48-29-33-21-11-4-12-22-33)37(47-28-32-19-9-3-10-20-32)36(49-39)30-46-27-31-17-7-2-8-18-31/h2-26,36-39H,27-30H2,1H3,(H,41,42)(H,43,44)/t36-,37-,38+,39-,40+/m1/s1. The van der Waals surface area contributed by atoms with Crippen molar-refractivity contribution >= 4 is 15.4 Å². The molecule has 6 rings (SSSR count). The minimum absolute atomic E-state index is 0.0183. The maximum Gasteiger partial charge on any atom is 0.528 e. The van der Waals surface area contributed by atoms with Crippen LogP contribution in [0, 0.1) is 0 Å². The van der Waals surface area contributed by atoms with Crippen LogP contribution in [-0.4, -0.2) is 53.4 Å². The summed E-state index contributed by atoms with van der Waals surface area (Å²) in [5, 5.41) is -2.93. The lowest BCUT2D eigenvalue weighted by Crippen LogP contribution is -2.69. The van der Waals surface area contributed by atoms with Crippen LogP contribution in [0.25, 0.3) is 0 Å². The summed E-state index contributed by atoms with van der Waals surface area (Å²) in [5.41, 5.74) is 2.33. The van der Waals surface area contributed by atoms with Crippen molar-refractivity contribution in [2.75, 3.05) is 13.7 Å². The maximum absolute atomic E-state index is 15.1. The first-order valence-corrected chi connectivity index (χ1v) is 20.2. The minimum Gasteiger partial charge on any atom is -0.422 e. The Morgan fingerprint density at radius 1 is 0.611 bits per heavy atom. The van der Waals surface area contributed by atoms with E-state index in [1.165, 1.54) is 31.4 Å². The zero-order chi connectivity index (χ0) is 37.9. The predicted molar refractivity (Wildman–Crippen MR) is 199 cm³/mol. The van der Waals surface area contributed by atoms with E-state index in [1.807, 2.05) is 66.7 Å². The van der Waals surface area contributed by atoms with Crippen molar-refractivity contribution in [3.05, 3.63) is 168 Å². The average molecular weight is 777 g/mol. The van der Waals surface area contributed by atoms with Crippen molar-refractivity contribution in [1.29, 1.82) is 0 Å². The van der Waals surface area contributed by atoms with Gasteiger partial charge in [-0.2, -0.15) is 0 Å². The van der Waals surface area contributed by atoms with Gasteiger partial charge in [-0.3, -0.25) is 4.89 Å². The van der Waals surface area contributed by atoms with E-state index < -0.39 is 45.4 Å². The monoisotopic (exact) mass is 776 g/mol. The Bertz CT molecular complexity index is 1960. The molecule has 1 aliphatic heterocycles. The van der Waals surface area contributed by atoms with Crippen LogP contribution in [0.1, 0.15) is 16.7 Å². The Kier molecular flexibility index (Phi) is 13.5. The highest BCUT2D eigenvalue weighted by Crippen LogP contribution is 2.68. The van der Waals surface area contributed by atoms with E-state index in [1.54, 1.807) is 60.7 Å². The lowest BCUT2D eigenvalue weighted by molar-refractivity contribution is -0.326. The molecule has 1 heterocycles. The lowest BCUT2D eigenvalue weighted by atomic mass is 9.97. The van der Waals surface area contributed by atoms with Crippen molar-refractivity contribution in [1.82, 2.24) is 0 Å². The fourth-order valence-corrected chi connectivity index (χ4v) is 9.25. The average Bonchev–Trinajstić information content (AvgIpc) is 3.18. The Hall–Kier alpha value is -4.16. The molecule has 284 valence electrons. The molecular weight excluding hydrogens is 734 g/mol. The van der Waals surface area contributed by atoms with Gasteiger partial charge in [0.2, 0.25) is 6.29 Å². The van der Waals surface area contributed by atoms with E-state index in [-0.39, 0.29) is 37.9 Å². The summed E-state index contributed by atoms with van der Waals surface area (Å²) in [7, 11) is -9.59. The molecule has 1 fully saturated rings. The Morgan fingerprint density at radius 3 is 1.56 bits per heavy atom. The molecule has 5 aromatic rings. The first-order chi connectivity index (χ1) is 26.2. The van der Waals surface area contributed by atoms with Crippen LogP contribution in [0.5, 0.6) is 11.5 Å². The maximum atomic E-state index is 15.1. The molecule has 0 radical (unpaired) electrons. The van der Waals surface area contributed by atoms with Gasteiger partial charge in [-0.05, 0) is 41.0 Å². The SMILES string of the molecule is CO[C@@H]1O[C@H](COCc2ccccc2)[C@@H](OCc2ccccc2)[C@H](OCc2ccccc2)[C@]1(OP(=O)(O)Oc1ccccc1)P(=O)(O)Oc1ccccc1. The van der Waals surface area contributed by atoms with Gasteiger partial charge in [0.25, 0.3) is 5.34 Å². The second-order valence-corrected chi connectivity index (χ2v) is 15.6. The molecule has 2 unspecified atom stereocenters. The molecule has 54 heavy (non-hydrogen) atoms. The molecule has 0 bridgehead atoms. The van der Waals surface area contributed by atoms with E-state index in [2.05, 4.69) is 0 Å².